The lowest BCUT2D eigenvalue weighted by molar-refractivity contribution is 0.222. The first-order valence-electron chi connectivity index (χ1n) is 5.13. The Balaban J connectivity index is 2.54. The van der Waals surface area contributed by atoms with Gasteiger partial charge < -0.3 is 9.63 Å². The quantitative estimate of drug-likeness (QED) is 0.839. The Morgan fingerprint density at radius 2 is 2.00 bits per heavy atom. The summed E-state index contributed by atoms with van der Waals surface area (Å²) in [6.45, 7) is 5.89. The number of aromatic nitrogens is 2. The zero-order chi connectivity index (χ0) is 11.7. The van der Waals surface area contributed by atoms with Crippen LogP contribution in [0, 0.1) is 20.8 Å². The van der Waals surface area contributed by atoms with E-state index in [0.29, 0.717) is 5.82 Å². The molecule has 0 saturated heterocycles. The largest absolute Gasteiger partial charge is 0.387 e. The minimum Gasteiger partial charge on any atom is -0.387 e. The first-order valence-corrected chi connectivity index (χ1v) is 5.13. The van der Waals surface area contributed by atoms with Crippen molar-refractivity contribution in [3.05, 3.63) is 34.7 Å². The summed E-state index contributed by atoms with van der Waals surface area (Å²) >= 11 is 0. The molecule has 16 heavy (non-hydrogen) atoms. The van der Waals surface area contributed by atoms with E-state index < -0.39 is 0 Å². The molecule has 0 radical (unpaired) electrons. The van der Waals surface area contributed by atoms with E-state index in [1.165, 1.54) is 5.56 Å². The topological polar surface area (TPSA) is 59.2 Å². The number of hydrogen-bond donors (Lipinski definition) is 1. The summed E-state index contributed by atoms with van der Waals surface area (Å²) in [7, 11) is 0. The molecule has 1 heterocycles. The van der Waals surface area contributed by atoms with E-state index in [0.717, 1.165) is 16.7 Å². The predicted molar refractivity (Wildman–Crippen MR) is 59.9 cm³/mol. The van der Waals surface area contributed by atoms with Crippen LogP contribution in [0.2, 0.25) is 0 Å². The molecule has 0 amide bonds. The Kier molecular flexibility index (Phi) is 2.75. The van der Waals surface area contributed by atoms with Gasteiger partial charge in [-0.1, -0.05) is 16.8 Å². The van der Waals surface area contributed by atoms with Crippen LogP contribution in [0.3, 0.4) is 0 Å². The first-order chi connectivity index (χ1) is 7.61. The molecule has 2 aromatic rings. The molecule has 1 N–H and O–H groups in total. The standard InChI is InChI=1S/C12H14N2O2/c1-7-4-8(2)9(3)10(5-7)12-13-11(6-15)16-14-12/h4-5,15H,6H2,1-3H3. The first kappa shape index (κ1) is 10.8. The molecule has 0 unspecified atom stereocenters. The summed E-state index contributed by atoms with van der Waals surface area (Å²) in [4.78, 5) is 4.11. The van der Waals surface area contributed by atoms with E-state index in [2.05, 4.69) is 23.1 Å². The molecule has 0 atom stereocenters. The Bertz CT molecular complexity index is 518. The molecule has 0 aliphatic rings. The van der Waals surface area contributed by atoms with E-state index in [1.807, 2.05) is 19.9 Å². The van der Waals surface area contributed by atoms with Gasteiger partial charge in [-0.05, 0) is 38.0 Å². The van der Waals surface area contributed by atoms with Gasteiger partial charge in [0.15, 0.2) is 0 Å². The number of nitrogens with zero attached hydrogens (tertiary/aromatic N) is 2. The van der Waals surface area contributed by atoms with Crippen LogP contribution in [0.5, 0.6) is 0 Å². The second kappa shape index (κ2) is 4.06. The fourth-order valence-corrected chi connectivity index (χ4v) is 1.70. The molecule has 0 saturated carbocycles. The molecule has 0 spiro atoms. The fourth-order valence-electron chi connectivity index (χ4n) is 1.70. The Hall–Kier alpha value is -1.68. The fraction of sp³-hybridized carbons (Fsp3) is 0.333. The smallest absolute Gasteiger partial charge is 0.252 e. The Labute approximate surface area is 93.9 Å². The maximum absolute atomic E-state index is 8.88. The summed E-state index contributed by atoms with van der Waals surface area (Å²) in [5.41, 5.74) is 4.45. The molecule has 0 fully saturated rings. The average Bonchev–Trinajstić information content (AvgIpc) is 2.71. The molecule has 4 nitrogen and oxygen atoms in total. The lowest BCUT2D eigenvalue weighted by atomic mass is 10.00. The molecule has 0 aliphatic heterocycles. The number of hydrogen-bond acceptors (Lipinski definition) is 4. The van der Waals surface area contributed by atoms with Crippen molar-refractivity contribution in [1.82, 2.24) is 10.1 Å². The molecule has 4 heteroatoms. The molecule has 2 rings (SSSR count). The molecule has 84 valence electrons. The van der Waals surface area contributed by atoms with Crippen LogP contribution in [0.15, 0.2) is 16.7 Å². The summed E-state index contributed by atoms with van der Waals surface area (Å²) in [6, 6.07) is 4.14. The molecule has 1 aromatic carbocycles. The Morgan fingerprint density at radius 1 is 1.25 bits per heavy atom. The van der Waals surface area contributed by atoms with E-state index in [4.69, 9.17) is 9.63 Å². The van der Waals surface area contributed by atoms with Gasteiger partial charge in [-0.3, -0.25) is 0 Å². The molecule has 1 aromatic heterocycles. The van der Waals surface area contributed by atoms with Crippen LogP contribution in [0.1, 0.15) is 22.6 Å². The van der Waals surface area contributed by atoms with Gasteiger partial charge in [0.25, 0.3) is 5.89 Å². The summed E-state index contributed by atoms with van der Waals surface area (Å²) < 4.78 is 4.89. The van der Waals surface area contributed by atoms with Gasteiger partial charge in [-0.25, -0.2) is 0 Å². The van der Waals surface area contributed by atoms with Crippen molar-refractivity contribution in [1.29, 1.82) is 0 Å². The van der Waals surface area contributed by atoms with E-state index >= 15 is 0 Å². The van der Waals surface area contributed by atoms with Crippen molar-refractivity contribution in [2.45, 2.75) is 27.4 Å². The number of rotatable bonds is 2. The van der Waals surface area contributed by atoms with Crippen molar-refractivity contribution < 1.29 is 9.63 Å². The normalized spacial score (nSPS) is 10.8. The number of aryl methyl sites for hydroxylation is 2. The van der Waals surface area contributed by atoms with Crippen molar-refractivity contribution in [2.75, 3.05) is 0 Å². The van der Waals surface area contributed by atoms with Crippen molar-refractivity contribution in [2.24, 2.45) is 0 Å². The maximum Gasteiger partial charge on any atom is 0.252 e. The van der Waals surface area contributed by atoms with Crippen LogP contribution in [-0.2, 0) is 6.61 Å². The molecule has 0 aliphatic carbocycles. The third kappa shape index (κ3) is 1.84. The molecular formula is C12H14N2O2. The van der Waals surface area contributed by atoms with Crippen LogP contribution in [0.4, 0.5) is 0 Å². The zero-order valence-electron chi connectivity index (χ0n) is 9.61. The minimum atomic E-state index is -0.225. The second-order valence-electron chi connectivity index (χ2n) is 3.92. The van der Waals surface area contributed by atoms with Crippen molar-refractivity contribution >= 4 is 0 Å². The molecular weight excluding hydrogens is 204 g/mol. The van der Waals surface area contributed by atoms with Gasteiger partial charge in [0.2, 0.25) is 5.82 Å². The lowest BCUT2D eigenvalue weighted by Crippen LogP contribution is -1.91. The second-order valence-corrected chi connectivity index (χ2v) is 3.92. The minimum absolute atomic E-state index is 0.225. The predicted octanol–water partition coefficient (Wildman–Crippen LogP) is 2.15. The number of aliphatic hydroxyl groups is 1. The number of benzene rings is 1. The average molecular weight is 218 g/mol. The third-order valence-corrected chi connectivity index (χ3v) is 2.66. The van der Waals surface area contributed by atoms with E-state index in [9.17, 15) is 0 Å². The third-order valence-electron chi connectivity index (χ3n) is 2.66. The van der Waals surface area contributed by atoms with Crippen LogP contribution < -0.4 is 0 Å². The van der Waals surface area contributed by atoms with Crippen LogP contribution in [0.25, 0.3) is 11.4 Å². The summed E-state index contributed by atoms with van der Waals surface area (Å²) in [6.07, 6.45) is 0. The van der Waals surface area contributed by atoms with Crippen molar-refractivity contribution in [3.8, 4) is 11.4 Å². The maximum atomic E-state index is 8.88. The van der Waals surface area contributed by atoms with Gasteiger partial charge in [0.1, 0.15) is 6.61 Å². The lowest BCUT2D eigenvalue weighted by Gasteiger charge is -2.06. The van der Waals surface area contributed by atoms with Gasteiger partial charge >= 0.3 is 0 Å². The molecule has 0 bridgehead atoms. The van der Waals surface area contributed by atoms with E-state index in [-0.39, 0.29) is 12.5 Å². The van der Waals surface area contributed by atoms with Gasteiger partial charge in [-0.2, -0.15) is 4.98 Å². The van der Waals surface area contributed by atoms with Gasteiger partial charge in [-0.15, -0.1) is 0 Å². The van der Waals surface area contributed by atoms with Crippen molar-refractivity contribution in [3.63, 3.8) is 0 Å². The number of aliphatic hydroxyl groups excluding tert-OH is 1. The van der Waals surface area contributed by atoms with Crippen LogP contribution in [-0.4, -0.2) is 15.2 Å². The summed E-state index contributed by atoms with van der Waals surface area (Å²) in [5, 5.41) is 12.7. The SMILES string of the molecule is Cc1cc(C)c(C)c(-c2noc(CO)n2)c1. The highest BCUT2D eigenvalue weighted by Gasteiger charge is 2.11. The van der Waals surface area contributed by atoms with Gasteiger partial charge in [0.05, 0.1) is 0 Å². The highest BCUT2D eigenvalue weighted by atomic mass is 16.5. The Morgan fingerprint density at radius 3 is 2.62 bits per heavy atom. The zero-order valence-corrected chi connectivity index (χ0v) is 9.61. The van der Waals surface area contributed by atoms with Gasteiger partial charge in [0, 0.05) is 5.56 Å². The summed E-state index contributed by atoms with van der Waals surface area (Å²) in [5.74, 6) is 0.780. The van der Waals surface area contributed by atoms with Crippen LogP contribution >= 0.6 is 0 Å². The highest BCUT2D eigenvalue weighted by Crippen LogP contribution is 2.24. The highest BCUT2D eigenvalue weighted by molar-refractivity contribution is 5.62. The monoisotopic (exact) mass is 218 g/mol. The van der Waals surface area contributed by atoms with E-state index in [1.54, 1.807) is 0 Å².